The first-order valence-corrected chi connectivity index (χ1v) is 7.01. The molecule has 2 N–H and O–H groups in total. The lowest BCUT2D eigenvalue weighted by molar-refractivity contribution is 0.210. The minimum absolute atomic E-state index is 0.677. The number of aromatic nitrogens is 1. The van der Waals surface area contributed by atoms with Crippen LogP contribution in [0.25, 0.3) is 11.1 Å². The zero-order valence-electron chi connectivity index (χ0n) is 10.9. The third kappa shape index (κ3) is 1.90. The smallest absolute Gasteiger partial charge is 0.205 e. The molecule has 0 saturated heterocycles. The maximum atomic E-state index is 9.85. The van der Waals surface area contributed by atoms with Crippen molar-refractivity contribution in [2.45, 2.75) is 20.2 Å². The summed E-state index contributed by atoms with van der Waals surface area (Å²) in [6, 6.07) is 4.11. The quantitative estimate of drug-likeness (QED) is 0.755. The molecule has 1 unspecified atom stereocenters. The number of nitrogens with zero attached hydrogens (tertiary/aromatic N) is 2. The number of benzene rings is 1. The summed E-state index contributed by atoms with van der Waals surface area (Å²) in [5.41, 5.74) is 4.89. The number of aliphatic hydroxyl groups excluding tert-OH is 1. The average molecular weight is 371 g/mol. The first-order valence-electron chi connectivity index (χ1n) is 5.93. The molecule has 1 aliphatic rings. The van der Waals surface area contributed by atoms with Crippen molar-refractivity contribution in [3.05, 3.63) is 27.2 Å². The number of hydrogen-bond acceptors (Lipinski definition) is 5. The third-order valence-electron chi connectivity index (χ3n) is 3.39. The summed E-state index contributed by atoms with van der Waals surface area (Å²) in [4.78, 5) is 1.81. The van der Waals surface area contributed by atoms with Gasteiger partial charge in [-0.05, 0) is 54.1 Å². The number of nitrogens with one attached hydrogen (secondary N) is 1. The molecule has 100 valence electrons. The minimum Gasteiger partial charge on any atom is -0.361 e. The van der Waals surface area contributed by atoms with Gasteiger partial charge in [0.1, 0.15) is 5.76 Å². The molecule has 19 heavy (non-hydrogen) atoms. The molecule has 0 fully saturated rings. The number of halogens is 1. The van der Waals surface area contributed by atoms with Gasteiger partial charge in [0.25, 0.3) is 0 Å². The maximum Gasteiger partial charge on any atom is 0.205 e. The van der Waals surface area contributed by atoms with Gasteiger partial charge in [0.2, 0.25) is 6.35 Å². The molecule has 3 rings (SSSR count). The predicted molar refractivity (Wildman–Crippen MR) is 82.2 cm³/mol. The topological polar surface area (TPSA) is 61.5 Å². The lowest BCUT2D eigenvalue weighted by atomic mass is 10.0. The van der Waals surface area contributed by atoms with E-state index in [2.05, 4.69) is 39.1 Å². The molecule has 0 aliphatic carbocycles. The molecule has 0 saturated carbocycles. The van der Waals surface area contributed by atoms with E-state index < -0.39 is 6.35 Å². The highest BCUT2D eigenvalue weighted by Crippen LogP contribution is 2.41. The number of aryl methyl sites for hydroxylation is 2. The predicted octanol–water partition coefficient (Wildman–Crippen LogP) is 2.70. The lowest BCUT2D eigenvalue weighted by Gasteiger charge is -2.17. The van der Waals surface area contributed by atoms with E-state index in [1.54, 1.807) is 0 Å². The van der Waals surface area contributed by atoms with Crippen LogP contribution >= 0.6 is 22.6 Å². The van der Waals surface area contributed by atoms with Gasteiger partial charge in [-0.15, -0.1) is 0 Å². The highest BCUT2D eigenvalue weighted by atomic mass is 127. The van der Waals surface area contributed by atoms with Crippen LogP contribution < -0.4 is 10.2 Å². The van der Waals surface area contributed by atoms with Crippen LogP contribution in [0.1, 0.15) is 11.5 Å². The third-order valence-corrected chi connectivity index (χ3v) is 4.21. The van der Waals surface area contributed by atoms with Gasteiger partial charge in [-0.25, -0.2) is 0 Å². The minimum atomic E-state index is -0.677. The summed E-state index contributed by atoms with van der Waals surface area (Å²) in [5, 5.41) is 16.9. The fourth-order valence-corrected chi connectivity index (χ4v) is 3.47. The fraction of sp³-hybridized carbons (Fsp3) is 0.308. The van der Waals surface area contributed by atoms with Crippen LogP contribution in [0.3, 0.4) is 0 Å². The molecule has 1 aromatic carbocycles. The molecular formula is C13H14IN3O2. The van der Waals surface area contributed by atoms with Crippen LogP contribution in [0.2, 0.25) is 0 Å². The largest absolute Gasteiger partial charge is 0.361 e. The Balaban J connectivity index is 2.18. The maximum absolute atomic E-state index is 9.85. The summed E-state index contributed by atoms with van der Waals surface area (Å²) in [5.74, 6) is 0.806. The number of aliphatic hydroxyl groups is 1. The van der Waals surface area contributed by atoms with Crippen molar-refractivity contribution in [3.63, 3.8) is 0 Å². The van der Waals surface area contributed by atoms with Gasteiger partial charge in [0, 0.05) is 16.2 Å². The Morgan fingerprint density at radius 1 is 1.42 bits per heavy atom. The summed E-state index contributed by atoms with van der Waals surface area (Å²) in [6.07, 6.45) is -0.677. The van der Waals surface area contributed by atoms with Crippen molar-refractivity contribution < 1.29 is 9.63 Å². The Hall–Kier alpha value is -1.28. The first-order chi connectivity index (χ1) is 8.99. The van der Waals surface area contributed by atoms with Crippen molar-refractivity contribution in [1.82, 2.24) is 5.16 Å². The highest BCUT2D eigenvalue weighted by Gasteiger charge is 2.27. The fourth-order valence-electron chi connectivity index (χ4n) is 2.47. The van der Waals surface area contributed by atoms with Crippen LogP contribution in [-0.2, 0) is 0 Å². The molecule has 0 amide bonds. The zero-order valence-corrected chi connectivity index (χ0v) is 13.0. The number of hydrogen-bond donors (Lipinski definition) is 2. The van der Waals surface area contributed by atoms with Gasteiger partial charge in [0.05, 0.1) is 17.1 Å². The van der Waals surface area contributed by atoms with Crippen LogP contribution in [-0.4, -0.2) is 23.7 Å². The van der Waals surface area contributed by atoms with Gasteiger partial charge in [0.15, 0.2) is 0 Å². The van der Waals surface area contributed by atoms with E-state index in [0.29, 0.717) is 0 Å². The van der Waals surface area contributed by atoms with Crippen molar-refractivity contribution in [2.75, 3.05) is 17.3 Å². The van der Waals surface area contributed by atoms with Gasteiger partial charge in [-0.1, -0.05) is 5.16 Å². The van der Waals surface area contributed by atoms with E-state index in [0.717, 1.165) is 37.5 Å². The summed E-state index contributed by atoms with van der Waals surface area (Å²) < 4.78 is 6.30. The molecule has 1 aliphatic heterocycles. The van der Waals surface area contributed by atoms with Gasteiger partial charge < -0.3 is 19.8 Å². The Morgan fingerprint density at radius 2 is 2.16 bits per heavy atom. The molecule has 0 spiro atoms. The Kier molecular flexibility index (Phi) is 2.94. The Labute approximate surface area is 124 Å². The Morgan fingerprint density at radius 3 is 2.79 bits per heavy atom. The molecule has 1 aromatic heterocycles. The molecule has 5 nitrogen and oxygen atoms in total. The lowest BCUT2D eigenvalue weighted by Crippen LogP contribution is -2.31. The number of rotatable bonds is 1. The highest BCUT2D eigenvalue weighted by molar-refractivity contribution is 14.1. The molecule has 6 heteroatoms. The van der Waals surface area contributed by atoms with E-state index in [1.165, 1.54) is 0 Å². The van der Waals surface area contributed by atoms with Gasteiger partial charge in [-0.2, -0.15) is 0 Å². The summed E-state index contributed by atoms with van der Waals surface area (Å²) in [7, 11) is 1.86. The van der Waals surface area contributed by atoms with Crippen LogP contribution in [0.5, 0.6) is 0 Å². The van der Waals surface area contributed by atoms with Crippen molar-refractivity contribution in [1.29, 1.82) is 0 Å². The molecular weight excluding hydrogens is 357 g/mol. The van der Waals surface area contributed by atoms with Crippen LogP contribution in [0, 0.1) is 17.4 Å². The standard InChI is InChI=1S/C13H14IN3O2/c1-6-11(7(2)19-16-6)8-4-9(14)12-10(5-8)15-13(18)17(12)3/h4-5,13,15,18H,1-3H3. The van der Waals surface area contributed by atoms with Crippen LogP contribution in [0.15, 0.2) is 16.7 Å². The second-order valence-electron chi connectivity index (χ2n) is 4.68. The SMILES string of the molecule is Cc1noc(C)c1-c1cc(I)c2c(c1)NC(O)N2C. The average Bonchev–Trinajstić information content (AvgIpc) is 2.81. The van der Waals surface area contributed by atoms with Crippen molar-refractivity contribution in [3.8, 4) is 11.1 Å². The van der Waals surface area contributed by atoms with E-state index in [1.807, 2.05) is 31.9 Å². The van der Waals surface area contributed by atoms with E-state index in [9.17, 15) is 5.11 Å². The zero-order chi connectivity index (χ0) is 13.7. The first kappa shape index (κ1) is 12.7. The molecule has 0 bridgehead atoms. The molecule has 1 atom stereocenters. The molecule has 2 aromatic rings. The van der Waals surface area contributed by atoms with Crippen molar-refractivity contribution in [2.24, 2.45) is 0 Å². The Bertz CT molecular complexity index is 634. The second kappa shape index (κ2) is 4.38. The molecule has 0 radical (unpaired) electrons. The van der Waals surface area contributed by atoms with Crippen LogP contribution in [0.4, 0.5) is 11.4 Å². The number of anilines is 2. The molecule has 2 heterocycles. The number of fused-ring (bicyclic) bond motifs is 1. The van der Waals surface area contributed by atoms with Crippen molar-refractivity contribution >= 4 is 34.0 Å². The summed E-state index contributed by atoms with van der Waals surface area (Å²) >= 11 is 2.28. The second-order valence-corrected chi connectivity index (χ2v) is 5.84. The van der Waals surface area contributed by atoms with E-state index in [-0.39, 0.29) is 0 Å². The van der Waals surface area contributed by atoms with Gasteiger partial charge >= 0.3 is 0 Å². The van der Waals surface area contributed by atoms with E-state index in [4.69, 9.17) is 4.52 Å². The van der Waals surface area contributed by atoms with Gasteiger partial charge in [-0.3, -0.25) is 0 Å². The van der Waals surface area contributed by atoms with E-state index >= 15 is 0 Å². The monoisotopic (exact) mass is 371 g/mol. The summed E-state index contributed by atoms with van der Waals surface area (Å²) in [6.45, 7) is 3.84. The normalized spacial score (nSPS) is 17.5.